The van der Waals surface area contributed by atoms with Gasteiger partial charge in [-0.2, -0.15) is 0 Å². The minimum absolute atomic E-state index is 0.0205. The number of likely N-dealkylation sites (tertiary alicyclic amines) is 1. The molecule has 2 aromatic rings. The molecule has 2 aliphatic rings. The van der Waals surface area contributed by atoms with Crippen molar-refractivity contribution in [2.24, 2.45) is 17.8 Å². The predicted octanol–water partition coefficient (Wildman–Crippen LogP) is 4.30. The van der Waals surface area contributed by atoms with Crippen LogP contribution in [0.5, 0.6) is 0 Å². The average Bonchev–Trinajstić information content (AvgIpc) is 3.09. The van der Waals surface area contributed by atoms with E-state index in [1.165, 1.54) is 4.90 Å². The van der Waals surface area contributed by atoms with E-state index in [9.17, 15) is 14.4 Å². The van der Waals surface area contributed by atoms with Crippen LogP contribution in [0.15, 0.2) is 72.8 Å². The quantitative estimate of drug-likeness (QED) is 0.488. The maximum Gasteiger partial charge on any atom is 0.243 e. The lowest BCUT2D eigenvalue weighted by Crippen LogP contribution is -2.51. The Kier molecular flexibility index (Phi) is 7.07. The fourth-order valence-corrected chi connectivity index (χ4v) is 5.03. The van der Waals surface area contributed by atoms with Crippen LogP contribution in [0.3, 0.4) is 0 Å². The van der Waals surface area contributed by atoms with Crippen LogP contribution < -0.4 is 5.32 Å². The zero-order chi connectivity index (χ0) is 23.4. The highest BCUT2D eigenvalue weighted by Gasteiger charge is 2.51. The lowest BCUT2D eigenvalue weighted by atomic mass is 9.85. The molecule has 1 aliphatic heterocycles. The van der Waals surface area contributed by atoms with E-state index < -0.39 is 6.04 Å². The molecule has 1 heterocycles. The maximum atomic E-state index is 13.5. The normalized spacial score (nSPS) is 20.9. The van der Waals surface area contributed by atoms with Crippen molar-refractivity contribution >= 4 is 17.7 Å². The van der Waals surface area contributed by atoms with E-state index in [1.54, 1.807) is 0 Å². The fourth-order valence-electron chi connectivity index (χ4n) is 5.03. The molecule has 33 heavy (non-hydrogen) atoms. The number of nitrogens with one attached hydrogen (secondary N) is 1. The lowest BCUT2D eigenvalue weighted by Gasteiger charge is -2.28. The molecule has 1 saturated heterocycles. The summed E-state index contributed by atoms with van der Waals surface area (Å²) in [6.45, 7) is 4.42. The lowest BCUT2D eigenvalue weighted by molar-refractivity contribution is -0.148. The highest BCUT2D eigenvalue weighted by molar-refractivity contribution is 6.08. The van der Waals surface area contributed by atoms with E-state index in [0.29, 0.717) is 25.8 Å². The molecule has 0 saturated carbocycles. The molecule has 5 heteroatoms. The van der Waals surface area contributed by atoms with Gasteiger partial charge in [0.2, 0.25) is 17.7 Å². The molecule has 1 aliphatic carbocycles. The smallest absolute Gasteiger partial charge is 0.243 e. The van der Waals surface area contributed by atoms with E-state index in [-0.39, 0.29) is 41.4 Å². The number of fused-ring (bicyclic) bond motifs is 1. The minimum Gasteiger partial charge on any atom is -0.353 e. The van der Waals surface area contributed by atoms with E-state index in [2.05, 4.69) is 29.6 Å². The summed E-state index contributed by atoms with van der Waals surface area (Å²) >= 11 is 0. The van der Waals surface area contributed by atoms with Gasteiger partial charge in [-0.25, -0.2) is 0 Å². The van der Waals surface area contributed by atoms with E-state index >= 15 is 0 Å². The molecule has 3 atom stereocenters. The average molecular weight is 445 g/mol. The highest BCUT2D eigenvalue weighted by Crippen LogP contribution is 2.37. The van der Waals surface area contributed by atoms with Crippen LogP contribution in [0.2, 0.25) is 0 Å². The zero-order valence-electron chi connectivity index (χ0n) is 19.3. The molecule has 0 bridgehead atoms. The van der Waals surface area contributed by atoms with Crippen LogP contribution in [0.1, 0.15) is 50.2 Å². The molecule has 0 radical (unpaired) electrons. The van der Waals surface area contributed by atoms with Crippen molar-refractivity contribution in [1.82, 2.24) is 10.2 Å². The van der Waals surface area contributed by atoms with Crippen molar-refractivity contribution in [3.63, 3.8) is 0 Å². The first-order valence-electron chi connectivity index (χ1n) is 11.9. The van der Waals surface area contributed by atoms with Gasteiger partial charge in [0.05, 0.1) is 11.8 Å². The summed E-state index contributed by atoms with van der Waals surface area (Å²) in [6.07, 6.45) is 5.55. The third-order valence-corrected chi connectivity index (χ3v) is 6.73. The van der Waals surface area contributed by atoms with Gasteiger partial charge in [0.1, 0.15) is 6.04 Å². The number of allylic oxidation sites excluding steroid dienone is 2. The fraction of sp³-hybridized carbons (Fsp3) is 0.393. The number of imide groups is 1. The van der Waals surface area contributed by atoms with Gasteiger partial charge in [-0.15, -0.1) is 0 Å². The zero-order valence-corrected chi connectivity index (χ0v) is 19.3. The van der Waals surface area contributed by atoms with Crippen molar-refractivity contribution < 1.29 is 14.4 Å². The van der Waals surface area contributed by atoms with Gasteiger partial charge in [0.15, 0.2) is 0 Å². The largest absolute Gasteiger partial charge is 0.353 e. The van der Waals surface area contributed by atoms with Crippen LogP contribution in [-0.2, 0) is 14.4 Å². The third-order valence-electron chi connectivity index (χ3n) is 6.73. The number of carbonyl (C=O) groups is 3. The highest BCUT2D eigenvalue weighted by atomic mass is 16.2. The van der Waals surface area contributed by atoms with Gasteiger partial charge < -0.3 is 5.32 Å². The van der Waals surface area contributed by atoms with Crippen LogP contribution in [0.4, 0.5) is 0 Å². The van der Waals surface area contributed by atoms with Gasteiger partial charge in [0, 0.05) is 12.5 Å². The number of hydrogen-bond donors (Lipinski definition) is 1. The molecular weight excluding hydrogens is 412 g/mol. The summed E-state index contributed by atoms with van der Waals surface area (Å²) < 4.78 is 0. The molecule has 0 aromatic heterocycles. The van der Waals surface area contributed by atoms with Crippen molar-refractivity contribution in [2.45, 2.75) is 45.1 Å². The molecular formula is C28H32N2O3. The molecule has 3 amide bonds. The van der Waals surface area contributed by atoms with Crippen molar-refractivity contribution in [2.75, 3.05) is 6.54 Å². The Morgan fingerprint density at radius 1 is 0.879 bits per heavy atom. The predicted molar refractivity (Wildman–Crippen MR) is 128 cm³/mol. The molecule has 4 rings (SSSR count). The van der Waals surface area contributed by atoms with Gasteiger partial charge in [-0.05, 0) is 36.3 Å². The summed E-state index contributed by atoms with van der Waals surface area (Å²) in [4.78, 5) is 41.0. The summed E-state index contributed by atoms with van der Waals surface area (Å²) in [6, 6.07) is 19.4. The summed E-state index contributed by atoms with van der Waals surface area (Å²) in [5.74, 6) is -1.16. The molecule has 0 spiro atoms. The SMILES string of the molecule is CC(C)CC(C(=O)NCC(c1ccccc1)c1ccccc1)N1C(=O)C2CC=CCC2C1=O. The first kappa shape index (κ1) is 23.0. The first-order valence-corrected chi connectivity index (χ1v) is 11.9. The summed E-state index contributed by atoms with van der Waals surface area (Å²) in [5.41, 5.74) is 2.21. The summed E-state index contributed by atoms with van der Waals surface area (Å²) in [5, 5.41) is 3.08. The van der Waals surface area contributed by atoms with Gasteiger partial charge in [-0.1, -0.05) is 86.7 Å². The number of amides is 3. The number of carbonyl (C=O) groups excluding carboxylic acids is 3. The van der Waals surface area contributed by atoms with Crippen LogP contribution in [0, 0.1) is 17.8 Å². The van der Waals surface area contributed by atoms with Crippen molar-refractivity contribution in [1.29, 1.82) is 0 Å². The third kappa shape index (κ3) is 4.92. The number of benzene rings is 2. The Morgan fingerprint density at radius 3 is 1.82 bits per heavy atom. The molecule has 3 unspecified atom stereocenters. The maximum absolute atomic E-state index is 13.5. The minimum atomic E-state index is -0.775. The van der Waals surface area contributed by atoms with Crippen LogP contribution in [0.25, 0.3) is 0 Å². The second kappa shape index (κ2) is 10.2. The van der Waals surface area contributed by atoms with E-state index in [0.717, 1.165) is 11.1 Å². The molecule has 1 fully saturated rings. The first-order chi connectivity index (χ1) is 16.0. The van der Waals surface area contributed by atoms with Gasteiger partial charge >= 0.3 is 0 Å². The molecule has 172 valence electrons. The Morgan fingerprint density at radius 2 is 1.36 bits per heavy atom. The van der Waals surface area contributed by atoms with Crippen LogP contribution >= 0.6 is 0 Å². The number of rotatable bonds is 8. The molecule has 2 aromatic carbocycles. The summed E-state index contributed by atoms with van der Waals surface area (Å²) in [7, 11) is 0. The standard InChI is InChI=1S/C28H32N2O3/c1-19(2)17-25(30-27(32)22-15-9-10-16-23(22)28(30)33)26(31)29-18-24(20-11-5-3-6-12-20)21-13-7-4-8-14-21/h3-14,19,22-25H,15-18H2,1-2H3,(H,29,31). The Hall–Kier alpha value is -3.21. The second-order valence-corrected chi connectivity index (χ2v) is 9.47. The monoisotopic (exact) mass is 444 g/mol. The van der Waals surface area contributed by atoms with Crippen molar-refractivity contribution in [3.05, 3.63) is 83.9 Å². The van der Waals surface area contributed by atoms with Crippen LogP contribution in [-0.4, -0.2) is 35.2 Å². The topological polar surface area (TPSA) is 66.5 Å². The Labute approximate surface area is 195 Å². The van der Waals surface area contributed by atoms with Gasteiger partial charge in [-0.3, -0.25) is 19.3 Å². The Bertz CT molecular complexity index is 950. The molecule has 1 N–H and O–H groups in total. The molecule has 5 nitrogen and oxygen atoms in total. The Balaban J connectivity index is 1.55. The van der Waals surface area contributed by atoms with E-state index in [1.807, 2.05) is 62.4 Å². The van der Waals surface area contributed by atoms with Gasteiger partial charge in [0.25, 0.3) is 0 Å². The second-order valence-electron chi connectivity index (χ2n) is 9.47. The number of nitrogens with zero attached hydrogens (tertiary/aromatic N) is 1. The number of hydrogen-bond acceptors (Lipinski definition) is 3. The van der Waals surface area contributed by atoms with Crippen molar-refractivity contribution in [3.8, 4) is 0 Å². The van der Waals surface area contributed by atoms with E-state index in [4.69, 9.17) is 0 Å².